The second-order valence-corrected chi connectivity index (χ2v) is 6.47. The van der Waals surface area contributed by atoms with Gasteiger partial charge in [0.15, 0.2) is 0 Å². The average molecular weight is 357 g/mol. The Kier molecular flexibility index (Phi) is 6.86. The SMILES string of the molecule is Cc1ccc(CN(C)C(=O)CN(C)CC(=O)Nc2cccc(F)c2)cc1. The number of hydrogen-bond acceptors (Lipinski definition) is 3. The second-order valence-electron chi connectivity index (χ2n) is 6.47. The molecule has 0 aromatic heterocycles. The summed E-state index contributed by atoms with van der Waals surface area (Å²) in [5, 5.41) is 2.62. The number of anilines is 1. The lowest BCUT2D eigenvalue weighted by Gasteiger charge is -2.22. The molecule has 0 aliphatic heterocycles. The van der Waals surface area contributed by atoms with Gasteiger partial charge < -0.3 is 10.2 Å². The summed E-state index contributed by atoms with van der Waals surface area (Å²) in [6.07, 6.45) is 0. The van der Waals surface area contributed by atoms with Gasteiger partial charge in [0.25, 0.3) is 0 Å². The van der Waals surface area contributed by atoms with Gasteiger partial charge in [-0.15, -0.1) is 0 Å². The van der Waals surface area contributed by atoms with Crippen molar-refractivity contribution >= 4 is 17.5 Å². The lowest BCUT2D eigenvalue weighted by molar-refractivity contribution is -0.131. The van der Waals surface area contributed by atoms with Gasteiger partial charge >= 0.3 is 0 Å². The number of rotatable bonds is 7. The Bertz CT molecular complexity index is 762. The van der Waals surface area contributed by atoms with Crippen molar-refractivity contribution in [2.75, 3.05) is 32.5 Å². The van der Waals surface area contributed by atoms with Crippen LogP contribution in [0.1, 0.15) is 11.1 Å². The van der Waals surface area contributed by atoms with Crippen molar-refractivity contribution in [1.82, 2.24) is 9.80 Å². The van der Waals surface area contributed by atoms with E-state index in [1.807, 2.05) is 31.2 Å². The van der Waals surface area contributed by atoms with Crippen LogP contribution in [0, 0.1) is 12.7 Å². The highest BCUT2D eigenvalue weighted by Gasteiger charge is 2.14. The van der Waals surface area contributed by atoms with Crippen LogP contribution in [-0.4, -0.2) is 48.8 Å². The van der Waals surface area contributed by atoms with Crippen molar-refractivity contribution < 1.29 is 14.0 Å². The minimum Gasteiger partial charge on any atom is -0.340 e. The Morgan fingerprint density at radius 2 is 1.73 bits per heavy atom. The van der Waals surface area contributed by atoms with E-state index >= 15 is 0 Å². The third-order valence-electron chi connectivity index (χ3n) is 3.89. The van der Waals surface area contributed by atoms with E-state index in [0.29, 0.717) is 12.2 Å². The van der Waals surface area contributed by atoms with E-state index in [4.69, 9.17) is 0 Å². The van der Waals surface area contributed by atoms with E-state index in [1.165, 1.54) is 23.8 Å². The summed E-state index contributed by atoms with van der Waals surface area (Å²) < 4.78 is 13.1. The molecule has 0 spiro atoms. The Labute approximate surface area is 153 Å². The van der Waals surface area contributed by atoms with Crippen LogP contribution in [0.3, 0.4) is 0 Å². The maximum absolute atomic E-state index is 13.1. The number of amides is 2. The molecule has 0 atom stereocenters. The Morgan fingerprint density at radius 3 is 2.38 bits per heavy atom. The average Bonchev–Trinajstić information content (AvgIpc) is 2.56. The van der Waals surface area contributed by atoms with Crippen LogP contribution < -0.4 is 5.32 Å². The van der Waals surface area contributed by atoms with E-state index in [2.05, 4.69) is 5.32 Å². The lowest BCUT2D eigenvalue weighted by Crippen LogP contribution is -2.39. The normalized spacial score (nSPS) is 10.7. The molecule has 2 aromatic rings. The fraction of sp³-hybridized carbons (Fsp3) is 0.300. The van der Waals surface area contributed by atoms with Crippen molar-refractivity contribution in [3.63, 3.8) is 0 Å². The van der Waals surface area contributed by atoms with Crippen molar-refractivity contribution in [2.24, 2.45) is 0 Å². The molecule has 0 radical (unpaired) electrons. The molecule has 2 amide bonds. The third kappa shape index (κ3) is 6.29. The maximum Gasteiger partial charge on any atom is 0.238 e. The predicted molar refractivity (Wildman–Crippen MR) is 100 cm³/mol. The fourth-order valence-electron chi connectivity index (χ4n) is 2.47. The van der Waals surface area contributed by atoms with Gasteiger partial charge in [-0.3, -0.25) is 14.5 Å². The van der Waals surface area contributed by atoms with Crippen LogP contribution >= 0.6 is 0 Å². The molecule has 0 unspecified atom stereocenters. The highest BCUT2D eigenvalue weighted by Crippen LogP contribution is 2.09. The summed E-state index contributed by atoms with van der Waals surface area (Å²) >= 11 is 0. The molecular formula is C20H24FN3O2. The molecule has 0 aliphatic rings. The Balaban J connectivity index is 1.80. The number of aryl methyl sites for hydroxylation is 1. The molecule has 2 aromatic carbocycles. The van der Waals surface area contributed by atoms with Crippen LogP contribution in [0.15, 0.2) is 48.5 Å². The maximum atomic E-state index is 13.1. The molecular weight excluding hydrogens is 333 g/mol. The molecule has 6 heteroatoms. The summed E-state index contributed by atoms with van der Waals surface area (Å²) in [6, 6.07) is 13.7. The van der Waals surface area contributed by atoms with Gasteiger partial charge in [0.2, 0.25) is 11.8 Å². The number of carbonyl (C=O) groups is 2. The Morgan fingerprint density at radius 1 is 1.04 bits per heavy atom. The number of likely N-dealkylation sites (N-methyl/N-ethyl adjacent to an activating group) is 2. The molecule has 0 heterocycles. The minimum absolute atomic E-state index is 0.0423. The third-order valence-corrected chi connectivity index (χ3v) is 3.89. The van der Waals surface area contributed by atoms with Crippen LogP contribution in [0.25, 0.3) is 0 Å². The molecule has 0 aliphatic carbocycles. The fourth-order valence-corrected chi connectivity index (χ4v) is 2.47. The first-order valence-corrected chi connectivity index (χ1v) is 8.37. The highest BCUT2D eigenvalue weighted by molar-refractivity contribution is 5.92. The first-order valence-electron chi connectivity index (χ1n) is 8.37. The summed E-state index contributed by atoms with van der Waals surface area (Å²) in [6.45, 7) is 2.70. The minimum atomic E-state index is -0.413. The molecule has 0 saturated carbocycles. The molecule has 138 valence electrons. The number of hydrogen-bond donors (Lipinski definition) is 1. The molecule has 2 rings (SSSR count). The molecule has 5 nitrogen and oxygen atoms in total. The molecule has 0 bridgehead atoms. The lowest BCUT2D eigenvalue weighted by atomic mass is 10.1. The van der Waals surface area contributed by atoms with Crippen molar-refractivity contribution in [2.45, 2.75) is 13.5 Å². The number of nitrogens with one attached hydrogen (secondary N) is 1. The monoisotopic (exact) mass is 357 g/mol. The highest BCUT2D eigenvalue weighted by atomic mass is 19.1. The van der Waals surface area contributed by atoms with Crippen molar-refractivity contribution in [3.05, 3.63) is 65.5 Å². The molecule has 1 N–H and O–H groups in total. The van der Waals surface area contributed by atoms with Gasteiger partial charge in [-0.05, 0) is 37.7 Å². The van der Waals surface area contributed by atoms with Crippen LogP contribution in [0.4, 0.5) is 10.1 Å². The number of halogens is 1. The van der Waals surface area contributed by atoms with E-state index in [-0.39, 0.29) is 24.9 Å². The quantitative estimate of drug-likeness (QED) is 0.829. The van der Waals surface area contributed by atoms with Gasteiger partial charge in [0.1, 0.15) is 5.82 Å². The summed E-state index contributed by atoms with van der Waals surface area (Å²) in [5.74, 6) is -0.789. The van der Waals surface area contributed by atoms with Crippen LogP contribution in [-0.2, 0) is 16.1 Å². The van der Waals surface area contributed by atoms with Gasteiger partial charge in [-0.2, -0.15) is 0 Å². The van der Waals surface area contributed by atoms with Gasteiger partial charge in [-0.1, -0.05) is 35.9 Å². The van der Waals surface area contributed by atoms with Gasteiger partial charge in [0.05, 0.1) is 13.1 Å². The number of carbonyl (C=O) groups excluding carboxylic acids is 2. The van der Waals surface area contributed by atoms with Crippen LogP contribution in [0.2, 0.25) is 0 Å². The van der Waals surface area contributed by atoms with Gasteiger partial charge in [-0.25, -0.2) is 4.39 Å². The van der Waals surface area contributed by atoms with E-state index in [1.54, 1.807) is 30.0 Å². The molecule has 0 fully saturated rings. The topological polar surface area (TPSA) is 52.7 Å². The smallest absolute Gasteiger partial charge is 0.238 e. The zero-order chi connectivity index (χ0) is 19.1. The number of benzene rings is 2. The zero-order valence-electron chi connectivity index (χ0n) is 15.3. The molecule has 26 heavy (non-hydrogen) atoms. The first-order chi connectivity index (χ1) is 12.3. The van der Waals surface area contributed by atoms with Gasteiger partial charge in [0, 0.05) is 19.3 Å². The largest absolute Gasteiger partial charge is 0.340 e. The van der Waals surface area contributed by atoms with E-state index in [0.717, 1.165) is 5.56 Å². The van der Waals surface area contributed by atoms with E-state index in [9.17, 15) is 14.0 Å². The summed E-state index contributed by atoms with van der Waals surface area (Å²) in [4.78, 5) is 27.6. The zero-order valence-corrected chi connectivity index (χ0v) is 15.3. The summed E-state index contributed by atoms with van der Waals surface area (Å²) in [5.41, 5.74) is 2.62. The van der Waals surface area contributed by atoms with E-state index < -0.39 is 5.82 Å². The second kappa shape index (κ2) is 9.10. The predicted octanol–water partition coefficient (Wildman–Crippen LogP) is 2.66. The standard InChI is InChI=1S/C20H24FN3O2/c1-15-7-9-16(10-8-15)12-24(3)20(26)14-23(2)13-19(25)22-18-6-4-5-17(21)11-18/h4-11H,12-14H2,1-3H3,(H,22,25). The van der Waals surface area contributed by atoms with Crippen LogP contribution in [0.5, 0.6) is 0 Å². The van der Waals surface area contributed by atoms with Crippen molar-refractivity contribution in [1.29, 1.82) is 0 Å². The Hall–Kier alpha value is -2.73. The van der Waals surface area contributed by atoms with Crippen molar-refractivity contribution in [3.8, 4) is 0 Å². The first kappa shape index (κ1) is 19.6. The summed E-state index contributed by atoms with van der Waals surface area (Å²) in [7, 11) is 3.44. The molecule has 0 saturated heterocycles. The number of nitrogens with zero attached hydrogens (tertiary/aromatic N) is 2.